The van der Waals surface area contributed by atoms with E-state index >= 15 is 0 Å². The van der Waals surface area contributed by atoms with E-state index in [2.05, 4.69) is 15.4 Å². The fourth-order valence-corrected chi connectivity index (χ4v) is 3.54. The molecule has 30 heavy (non-hydrogen) atoms. The molecule has 0 radical (unpaired) electrons. The third kappa shape index (κ3) is 5.60. The second-order valence-electron chi connectivity index (χ2n) is 7.97. The number of anilines is 1. The molecule has 162 valence electrons. The van der Waals surface area contributed by atoms with Gasteiger partial charge in [-0.1, -0.05) is 17.3 Å². The monoisotopic (exact) mass is 413 g/mol. The number of hydrogen-bond acceptors (Lipinski definition) is 6. The summed E-state index contributed by atoms with van der Waals surface area (Å²) in [5, 5.41) is 6.89. The van der Waals surface area contributed by atoms with Crippen LogP contribution in [-0.2, 0) is 22.6 Å². The van der Waals surface area contributed by atoms with Crippen LogP contribution in [0.5, 0.6) is 0 Å². The average molecular weight is 414 g/mol. The Morgan fingerprint density at radius 1 is 1.10 bits per heavy atom. The van der Waals surface area contributed by atoms with Gasteiger partial charge in [0, 0.05) is 58.1 Å². The molecule has 1 aromatic heterocycles. The van der Waals surface area contributed by atoms with Crippen molar-refractivity contribution in [2.45, 2.75) is 26.8 Å². The maximum Gasteiger partial charge on any atom is 0.234 e. The molecule has 1 N–H and O–H groups in total. The SMILES string of the molecule is Cc1noc(C)c1CC(=O)N1CCN(CC(=O)NCc2ccc(N(C)C)cc2)CC1. The number of amides is 2. The van der Waals surface area contributed by atoms with Gasteiger partial charge in [0.2, 0.25) is 11.8 Å². The Morgan fingerprint density at radius 3 is 2.33 bits per heavy atom. The van der Waals surface area contributed by atoms with Crippen molar-refractivity contribution in [1.82, 2.24) is 20.3 Å². The van der Waals surface area contributed by atoms with Gasteiger partial charge in [0.05, 0.1) is 18.7 Å². The summed E-state index contributed by atoms with van der Waals surface area (Å²) in [6, 6.07) is 8.14. The summed E-state index contributed by atoms with van der Waals surface area (Å²) in [6.45, 7) is 7.19. The largest absolute Gasteiger partial charge is 0.378 e. The highest BCUT2D eigenvalue weighted by atomic mass is 16.5. The minimum atomic E-state index is 0.00202. The molecule has 2 amide bonds. The molecule has 1 fully saturated rings. The zero-order valence-corrected chi connectivity index (χ0v) is 18.3. The molecule has 1 aromatic carbocycles. The van der Waals surface area contributed by atoms with Crippen molar-refractivity contribution < 1.29 is 14.1 Å². The minimum absolute atomic E-state index is 0.00202. The summed E-state index contributed by atoms with van der Waals surface area (Å²) >= 11 is 0. The van der Waals surface area contributed by atoms with Crippen molar-refractivity contribution >= 4 is 17.5 Å². The number of hydrogen-bond donors (Lipinski definition) is 1. The Morgan fingerprint density at radius 2 is 1.77 bits per heavy atom. The molecule has 2 heterocycles. The molecule has 3 rings (SSSR count). The highest BCUT2D eigenvalue weighted by Crippen LogP contribution is 2.15. The highest BCUT2D eigenvalue weighted by molar-refractivity contribution is 5.80. The molecule has 1 aliphatic heterocycles. The molecule has 8 heteroatoms. The Kier molecular flexibility index (Phi) is 7.10. The van der Waals surface area contributed by atoms with Crippen molar-refractivity contribution in [3.8, 4) is 0 Å². The summed E-state index contributed by atoms with van der Waals surface area (Å²) in [5.74, 6) is 0.782. The van der Waals surface area contributed by atoms with E-state index in [0.29, 0.717) is 51.4 Å². The average Bonchev–Trinajstić information content (AvgIpc) is 3.05. The minimum Gasteiger partial charge on any atom is -0.378 e. The predicted molar refractivity (Wildman–Crippen MR) is 115 cm³/mol. The predicted octanol–water partition coefficient (Wildman–Crippen LogP) is 1.36. The van der Waals surface area contributed by atoms with E-state index in [9.17, 15) is 9.59 Å². The first kappa shape index (κ1) is 21.8. The fourth-order valence-electron chi connectivity index (χ4n) is 3.54. The van der Waals surface area contributed by atoms with Crippen LogP contribution in [0.3, 0.4) is 0 Å². The number of aryl methyl sites for hydroxylation is 2. The lowest BCUT2D eigenvalue weighted by Crippen LogP contribution is -2.51. The van der Waals surface area contributed by atoms with Crippen molar-refractivity contribution in [1.29, 1.82) is 0 Å². The topological polar surface area (TPSA) is 81.9 Å². The first-order valence-corrected chi connectivity index (χ1v) is 10.3. The number of piperazine rings is 1. The summed E-state index contributed by atoms with van der Waals surface area (Å²) in [5.41, 5.74) is 3.85. The van der Waals surface area contributed by atoms with Crippen molar-refractivity contribution in [3.05, 3.63) is 46.8 Å². The van der Waals surface area contributed by atoms with Gasteiger partial charge in [-0.15, -0.1) is 0 Å². The third-order valence-electron chi connectivity index (χ3n) is 5.54. The number of rotatable bonds is 7. The molecule has 0 spiro atoms. The number of nitrogens with zero attached hydrogens (tertiary/aromatic N) is 4. The van der Waals surface area contributed by atoms with E-state index in [0.717, 1.165) is 22.5 Å². The normalized spacial score (nSPS) is 14.6. The Labute approximate surface area is 177 Å². The van der Waals surface area contributed by atoms with Crippen LogP contribution in [-0.4, -0.2) is 73.6 Å². The zero-order valence-electron chi connectivity index (χ0n) is 18.3. The van der Waals surface area contributed by atoms with Crippen LogP contribution in [0, 0.1) is 13.8 Å². The standard InChI is InChI=1S/C22H31N5O3/c1-16-20(17(2)30-24-16)13-22(29)27-11-9-26(10-12-27)15-21(28)23-14-18-5-7-19(8-6-18)25(3)4/h5-8H,9-15H2,1-4H3,(H,23,28). The number of carbonyl (C=O) groups excluding carboxylic acids is 2. The van der Waals surface area contributed by atoms with Gasteiger partial charge in [-0.05, 0) is 31.5 Å². The van der Waals surface area contributed by atoms with Gasteiger partial charge in [0.1, 0.15) is 5.76 Å². The summed E-state index contributed by atoms with van der Waals surface area (Å²) in [6.07, 6.45) is 0.314. The second-order valence-corrected chi connectivity index (χ2v) is 7.97. The molecular formula is C22H31N5O3. The number of benzene rings is 1. The van der Waals surface area contributed by atoms with Gasteiger partial charge < -0.3 is 19.6 Å². The van der Waals surface area contributed by atoms with Crippen LogP contribution in [0.4, 0.5) is 5.69 Å². The molecule has 2 aromatic rings. The van der Waals surface area contributed by atoms with E-state index in [4.69, 9.17) is 4.52 Å². The van der Waals surface area contributed by atoms with Gasteiger partial charge in [-0.25, -0.2) is 0 Å². The van der Waals surface area contributed by atoms with E-state index < -0.39 is 0 Å². The van der Waals surface area contributed by atoms with Crippen LogP contribution in [0.2, 0.25) is 0 Å². The first-order chi connectivity index (χ1) is 14.3. The van der Waals surface area contributed by atoms with Crippen molar-refractivity contribution in [2.75, 3.05) is 51.7 Å². The van der Waals surface area contributed by atoms with E-state index in [1.807, 2.05) is 62.0 Å². The maximum absolute atomic E-state index is 12.6. The molecular weight excluding hydrogens is 382 g/mol. The van der Waals surface area contributed by atoms with E-state index in [1.165, 1.54) is 0 Å². The third-order valence-corrected chi connectivity index (χ3v) is 5.54. The van der Waals surface area contributed by atoms with Crippen LogP contribution < -0.4 is 10.2 Å². The number of carbonyl (C=O) groups is 2. The van der Waals surface area contributed by atoms with Gasteiger partial charge in [-0.2, -0.15) is 0 Å². The Balaban J connectivity index is 1.39. The smallest absolute Gasteiger partial charge is 0.234 e. The summed E-state index contributed by atoms with van der Waals surface area (Å²) in [4.78, 5) is 30.9. The van der Waals surface area contributed by atoms with Gasteiger partial charge >= 0.3 is 0 Å². The van der Waals surface area contributed by atoms with Gasteiger partial charge in [0.15, 0.2) is 0 Å². The Bertz CT molecular complexity index is 848. The quantitative estimate of drug-likeness (QED) is 0.738. The number of nitrogens with one attached hydrogen (secondary N) is 1. The van der Waals surface area contributed by atoms with Gasteiger partial charge in [0.25, 0.3) is 0 Å². The first-order valence-electron chi connectivity index (χ1n) is 10.3. The summed E-state index contributed by atoms with van der Waals surface area (Å²) < 4.78 is 5.14. The summed E-state index contributed by atoms with van der Waals surface area (Å²) in [7, 11) is 4.00. The molecule has 1 saturated heterocycles. The molecule has 0 bridgehead atoms. The highest BCUT2D eigenvalue weighted by Gasteiger charge is 2.24. The zero-order chi connectivity index (χ0) is 21.7. The van der Waals surface area contributed by atoms with E-state index in [1.54, 1.807) is 0 Å². The lowest BCUT2D eigenvalue weighted by atomic mass is 10.1. The Hall–Kier alpha value is -2.87. The fraction of sp³-hybridized carbons (Fsp3) is 0.500. The van der Waals surface area contributed by atoms with Crippen LogP contribution >= 0.6 is 0 Å². The molecule has 0 aliphatic carbocycles. The van der Waals surface area contributed by atoms with Crippen molar-refractivity contribution in [3.63, 3.8) is 0 Å². The van der Waals surface area contributed by atoms with E-state index in [-0.39, 0.29) is 11.8 Å². The van der Waals surface area contributed by atoms with Crippen LogP contribution in [0.15, 0.2) is 28.8 Å². The van der Waals surface area contributed by atoms with Crippen LogP contribution in [0.1, 0.15) is 22.6 Å². The molecule has 0 atom stereocenters. The lowest BCUT2D eigenvalue weighted by Gasteiger charge is -2.34. The molecule has 0 unspecified atom stereocenters. The molecule has 8 nitrogen and oxygen atoms in total. The maximum atomic E-state index is 12.6. The lowest BCUT2D eigenvalue weighted by molar-refractivity contribution is -0.132. The second kappa shape index (κ2) is 9.75. The van der Waals surface area contributed by atoms with Crippen LogP contribution in [0.25, 0.3) is 0 Å². The van der Waals surface area contributed by atoms with Gasteiger partial charge in [-0.3, -0.25) is 14.5 Å². The molecule has 0 saturated carbocycles. The molecule has 1 aliphatic rings. The number of aromatic nitrogens is 1. The van der Waals surface area contributed by atoms with Crippen molar-refractivity contribution in [2.24, 2.45) is 0 Å².